The fraction of sp³-hybridized carbons (Fsp3) is 0.600. The van der Waals surface area contributed by atoms with E-state index in [2.05, 4.69) is 29.3 Å². The van der Waals surface area contributed by atoms with Crippen LogP contribution in [0.15, 0.2) is 24.3 Å². The maximum Gasteiger partial charge on any atom is 0.228 e. The topological polar surface area (TPSA) is 52.7 Å². The molecular weight excluding hydrogens is 350 g/mol. The van der Waals surface area contributed by atoms with Gasteiger partial charge in [0, 0.05) is 37.3 Å². The van der Waals surface area contributed by atoms with Gasteiger partial charge in [-0.3, -0.25) is 9.59 Å². The monoisotopic (exact) mass is 377 g/mol. The molecule has 5 nitrogen and oxygen atoms in total. The number of benzene rings is 1. The van der Waals surface area contributed by atoms with E-state index in [9.17, 15) is 9.59 Å². The van der Waals surface area contributed by atoms with Gasteiger partial charge >= 0.3 is 0 Å². The molecule has 3 fully saturated rings. The molecule has 6 heteroatoms. The highest BCUT2D eigenvalue weighted by Gasteiger charge is 2.44. The molecule has 26 heavy (non-hydrogen) atoms. The summed E-state index contributed by atoms with van der Waals surface area (Å²) in [6, 6.07) is 8.82. The summed E-state index contributed by atoms with van der Waals surface area (Å²) in [4.78, 5) is 29.6. The van der Waals surface area contributed by atoms with Crippen molar-refractivity contribution in [2.24, 2.45) is 5.92 Å². The second-order valence-electron chi connectivity index (χ2n) is 7.55. The summed E-state index contributed by atoms with van der Waals surface area (Å²) in [6.45, 7) is 4.52. The number of amides is 2. The van der Waals surface area contributed by atoms with E-state index in [1.54, 1.807) is 4.90 Å². The van der Waals surface area contributed by atoms with E-state index in [-0.39, 0.29) is 30.1 Å². The number of aryl methyl sites for hydroxylation is 1. The highest BCUT2D eigenvalue weighted by molar-refractivity contribution is 6.00. The zero-order valence-electron chi connectivity index (χ0n) is 15.3. The molecule has 0 saturated carbocycles. The van der Waals surface area contributed by atoms with Gasteiger partial charge in [-0.25, -0.2) is 0 Å². The Hall–Kier alpha value is -1.59. The summed E-state index contributed by atoms with van der Waals surface area (Å²) in [7, 11) is 0. The third kappa shape index (κ3) is 3.47. The Labute approximate surface area is 161 Å². The Kier molecular flexibility index (Phi) is 5.88. The third-order valence-electron chi connectivity index (χ3n) is 6.04. The first kappa shape index (κ1) is 19.2. The quantitative estimate of drug-likeness (QED) is 0.879. The third-order valence-corrected chi connectivity index (χ3v) is 6.04. The molecule has 0 spiro atoms. The van der Waals surface area contributed by atoms with Gasteiger partial charge in [-0.15, -0.1) is 12.4 Å². The van der Waals surface area contributed by atoms with Gasteiger partial charge in [-0.1, -0.05) is 19.1 Å². The first-order chi connectivity index (χ1) is 12.2. The molecule has 3 heterocycles. The average Bonchev–Trinajstić information content (AvgIpc) is 3.13. The fourth-order valence-corrected chi connectivity index (χ4v) is 4.59. The lowest BCUT2D eigenvalue weighted by atomic mass is 10.1. The minimum atomic E-state index is -0.195. The van der Waals surface area contributed by atoms with Crippen molar-refractivity contribution >= 4 is 29.9 Å². The molecule has 1 aromatic carbocycles. The minimum Gasteiger partial charge on any atom is -0.335 e. The van der Waals surface area contributed by atoms with Crippen LogP contribution < -0.4 is 10.2 Å². The molecular formula is C20H28ClN3O2. The van der Waals surface area contributed by atoms with Crippen LogP contribution >= 0.6 is 12.4 Å². The lowest BCUT2D eigenvalue weighted by Crippen LogP contribution is -2.46. The zero-order chi connectivity index (χ0) is 17.4. The summed E-state index contributed by atoms with van der Waals surface area (Å²) >= 11 is 0. The van der Waals surface area contributed by atoms with Crippen LogP contribution in [0.25, 0.3) is 0 Å². The molecule has 4 rings (SSSR count). The van der Waals surface area contributed by atoms with Crippen LogP contribution in [0.1, 0.15) is 38.2 Å². The maximum absolute atomic E-state index is 13.2. The number of hydrogen-bond acceptors (Lipinski definition) is 3. The van der Waals surface area contributed by atoms with E-state index in [0.29, 0.717) is 25.0 Å². The molecule has 1 N–H and O–H groups in total. The number of carbonyl (C=O) groups excluding carboxylic acids is 2. The highest BCUT2D eigenvalue weighted by atomic mass is 35.5. The summed E-state index contributed by atoms with van der Waals surface area (Å²) in [5.41, 5.74) is 2.18. The van der Waals surface area contributed by atoms with Crippen LogP contribution in [0.2, 0.25) is 0 Å². The summed E-state index contributed by atoms with van der Waals surface area (Å²) in [6.07, 6.45) is 4.57. The molecule has 0 radical (unpaired) electrons. The molecule has 3 saturated heterocycles. The Morgan fingerprint density at radius 1 is 1.15 bits per heavy atom. The number of nitrogens with zero attached hydrogens (tertiary/aromatic N) is 2. The SMILES string of the molecule is CCc1ccc(N2CC(C(=O)N3C4CCNCC3CC4)CC2=O)cc1.Cl. The molecule has 2 amide bonds. The van der Waals surface area contributed by atoms with Crippen molar-refractivity contribution in [1.29, 1.82) is 0 Å². The molecule has 3 aliphatic rings. The van der Waals surface area contributed by atoms with Crippen molar-refractivity contribution in [2.45, 2.75) is 51.1 Å². The molecule has 0 aliphatic carbocycles. The zero-order valence-corrected chi connectivity index (χ0v) is 16.1. The predicted octanol–water partition coefficient (Wildman–Crippen LogP) is 2.38. The van der Waals surface area contributed by atoms with Crippen molar-refractivity contribution in [3.8, 4) is 0 Å². The summed E-state index contributed by atoms with van der Waals surface area (Å²) in [5.74, 6) is 0.0691. The van der Waals surface area contributed by atoms with E-state index >= 15 is 0 Å². The van der Waals surface area contributed by atoms with Crippen molar-refractivity contribution in [3.63, 3.8) is 0 Å². The van der Waals surface area contributed by atoms with Gasteiger partial charge in [0.05, 0.1) is 5.92 Å². The number of hydrogen-bond donors (Lipinski definition) is 1. The summed E-state index contributed by atoms with van der Waals surface area (Å²) in [5, 5.41) is 3.44. The smallest absolute Gasteiger partial charge is 0.228 e. The van der Waals surface area contributed by atoms with Gasteiger partial charge < -0.3 is 15.1 Å². The average molecular weight is 378 g/mol. The fourth-order valence-electron chi connectivity index (χ4n) is 4.59. The molecule has 142 valence electrons. The number of carbonyl (C=O) groups is 2. The second-order valence-corrected chi connectivity index (χ2v) is 7.55. The van der Waals surface area contributed by atoms with Crippen molar-refractivity contribution in [1.82, 2.24) is 10.2 Å². The molecule has 3 atom stereocenters. The van der Waals surface area contributed by atoms with Gasteiger partial charge in [0.15, 0.2) is 0 Å². The van der Waals surface area contributed by atoms with Crippen LogP contribution in [0.5, 0.6) is 0 Å². The number of rotatable bonds is 3. The molecule has 2 bridgehead atoms. The highest BCUT2D eigenvalue weighted by Crippen LogP contribution is 2.33. The maximum atomic E-state index is 13.2. The standard InChI is InChI=1S/C20H27N3O2.ClH/c1-2-14-3-5-16(6-4-14)22-13-15(11-19(22)24)20(25)23-17-7-8-18(23)12-21-10-9-17;/h3-6,15,17-18,21H,2,7-13H2,1H3;1H. The Bertz CT molecular complexity index is 650. The molecule has 0 aromatic heterocycles. The first-order valence-electron chi connectivity index (χ1n) is 9.59. The Morgan fingerprint density at radius 3 is 2.62 bits per heavy atom. The van der Waals surface area contributed by atoms with E-state index in [0.717, 1.165) is 44.5 Å². The molecule has 3 unspecified atom stereocenters. The number of anilines is 1. The minimum absolute atomic E-state index is 0. The van der Waals surface area contributed by atoms with Gasteiger partial charge in [0.1, 0.15) is 0 Å². The second kappa shape index (κ2) is 7.97. The molecule has 1 aromatic rings. The lowest BCUT2D eigenvalue weighted by molar-refractivity contribution is -0.138. The normalized spacial score (nSPS) is 28.0. The first-order valence-corrected chi connectivity index (χ1v) is 9.59. The van der Waals surface area contributed by atoms with Crippen LogP contribution in [0, 0.1) is 5.92 Å². The van der Waals surface area contributed by atoms with Crippen LogP contribution in [-0.4, -0.2) is 48.4 Å². The number of halogens is 1. The largest absolute Gasteiger partial charge is 0.335 e. The summed E-state index contributed by atoms with van der Waals surface area (Å²) < 4.78 is 0. The molecule has 3 aliphatic heterocycles. The Balaban J connectivity index is 0.00000196. The van der Waals surface area contributed by atoms with Crippen LogP contribution in [-0.2, 0) is 16.0 Å². The predicted molar refractivity (Wildman–Crippen MR) is 105 cm³/mol. The van der Waals surface area contributed by atoms with E-state index in [4.69, 9.17) is 0 Å². The van der Waals surface area contributed by atoms with Crippen molar-refractivity contribution < 1.29 is 9.59 Å². The van der Waals surface area contributed by atoms with Gasteiger partial charge in [0.2, 0.25) is 11.8 Å². The Morgan fingerprint density at radius 2 is 1.88 bits per heavy atom. The van der Waals surface area contributed by atoms with E-state index in [1.807, 2.05) is 12.1 Å². The lowest BCUT2D eigenvalue weighted by Gasteiger charge is -2.30. The van der Waals surface area contributed by atoms with Gasteiger partial charge in [-0.2, -0.15) is 0 Å². The van der Waals surface area contributed by atoms with E-state index < -0.39 is 0 Å². The van der Waals surface area contributed by atoms with Crippen LogP contribution in [0.4, 0.5) is 5.69 Å². The van der Waals surface area contributed by atoms with E-state index in [1.165, 1.54) is 5.56 Å². The van der Waals surface area contributed by atoms with Crippen LogP contribution in [0.3, 0.4) is 0 Å². The van der Waals surface area contributed by atoms with Gasteiger partial charge in [0.25, 0.3) is 0 Å². The number of fused-ring (bicyclic) bond motifs is 2. The van der Waals surface area contributed by atoms with Crippen molar-refractivity contribution in [3.05, 3.63) is 29.8 Å². The number of nitrogens with one attached hydrogen (secondary N) is 1. The van der Waals surface area contributed by atoms with Gasteiger partial charge in [-0.05, 0) is 49.9 Å². The van der Waals surface area contributed by atoms with Crippen molar-refractivity contribution in [2.75, 3.05) is 24.5 Å².